The lowest BCUT2D eigenvalue weighted by atomic mass is 10.2. The van der Waals surface area contributed by atoms with Crippen molar-refractivity contribution in [3.8, 4) is 0 Å². The highest BCUT2D eigenvalue weighted by molar-refractivity contribution is 5.92. The summed E-state index contributed by atoms with van der Waals surface area (Å²) in [5, 5.41) is 11.8. The van der Waals surface area contributed by atoms with Gasteiger partial charge in [0, 0.05) is 19.2 Å². The van der Waals surface area contributed by atoms with Crippen molar-refractivity contribution in [1.29, 1.82) is 0 Å². The van der Waals surface area contributed by atoms with E-state index in [9.17, 15) is 4.79 Å². The maximum absolute atomic E-state index is 12.4. The van der Waals surface area contributed by atoms with E-state index in [4.69, 9.17) is 0 Å². The van der Waals surface area contributed by atoms with Crippen LogP contribution in [0, 0.1) is 0 Å². The Morgan fingerprint density at radius 3 is 3.04 bits per heavy atom. The summed E-state index contributed by atoms with van der Waals surface area (Å²) < 4.78 is 2.30. The Morgan fingerprint density at radius 1 is 1.20 bits per heavy atom. The molecule has 7 heteroatoms. The van der Waals surface area contributed by atoms with Crippen LogP contribution in [0.25, 0.3) is 0 Å². The van der Waals surface area contributed by atoms with E-state index >= 15 is 0 Å². The minimum absolute atomic E-state index is 0.00416. The van der Waals surface area contributed by atoms with E-state index in [1.807, 2.05) is 12.1 Å². The molecule has 2 aliphatic rings. The second-order valence-electron chi connectivity index (χ2n) is 6.86. The van der Waals surface area contributed by atoms with E-state index in [1.54, 1.807) is 12.4 Å². The Hall–Kier alpha value is -2.28. The fourth-order valence-electron chi connectivity index (χ4n) is 3.88. The summed E-state index contributed by atoms with van der Waals surface area (Å²) >= 11 is 0. The molecule has 4 rings (SSSR count). The average Bonchev–Trinajstić information content (AvgIpc) is 3.15. The Balaban J connectivity index is 1.46. The molecule has 0 aromatic carbocycles. The zero-order valence-electron chi connectivity index (χ0n) is 14.4. The zero-order chi connectivity index (χ0) is 17.1. The van der Waals surface area contributed by atoms with E-state index in [1.165, 1.54) is 19.3 Å². The van der Waals surface area contributed by atoms with E-state index in [-0.39, 0.29) is 11.9 Å². The molecule has 1 atom stereocenters. The van der Waals surface area contributed by atoms with Crippen LogP contribution in [0.1, 0.15) is 49.8 Å². The third kappa shape index (κ3) is 3.56. The van der Waals surface area contributed by atoms with Crippen LogP contribution in [0.3, 0.4) is 0 Å². The summed E-state index contributed by atoms with van der Waals surface area (Å²) in [4.78, 5) is 18.7. The third-order valence-electron chi connectivity index (χ3n) is 5.09. The molecule has 1 saturated heterocycles. The smallest absolute Gasteiger partial charge is 0.238 e. The van der Waals surface area contributed by atoms with Crippen molar-refractivity contribution in [2.75, 3.05) is 18.4 Å². The van der Waals surface area contributed by atoms with Crippen molar-refractivity contribution in [2.24, 2.45) is 0 Å². The standard InChI is InChI=1S/C18H24N6O/c25-17(20-14-6-4-9-19-12-14)13-23-10-5-7-15(23)18-22-21-16-8-2-1-3-11-24(16)18/h4,6,9,12,15H,1-3,5,7-8,10-11,13H2,(H,20,25)/t15-/m1/s1. The summed E-state index contributed by atoms with van der Waals surface area (Å²) in [6.45, 7) is 2.30. The van der Waals surface area contributed by atoms with Crippen LogP contribution in [-0.4, -0.2) is 43.6 Å². The van der Waals surface area contributed by atoms with Crippen molar-refractivity contribution in [1.82, 2.24) is 24.6 Å². The number of carbonyl (C=O) groups excluding carboxylic acids is 1. The van der Waals surface area contributed by atoms with Gasteiger partial charge in [0.15, 0.2) is 0 Å². The molecule has 0 spiro atoms. The van der Waals surface area contributed by atoms with Crippen molar-refractivity contribution in [2.45, 2.75) is 51.1 Å². The number of pyridine rings is 1. The van der Waals surface area contributed by atoms with Gasteiger partial charge in [-0.2, -0.15) is 0 Å². The highest BCUT2D eigenvalue weighted by Gasteiger charge is 2.32. The molecule has 2 aromatic rings. The number of aromatic nitrogens is 4. The van der Waals surface area contributed by atoms with Crippen molar-refractivity contribution in [3.05, 3.63) is 36.2 Å². The van der Waals surface area contributed by atoms with Crippen molar-refractivity contribution >= 4 is 11.6 Å². The number of hydrogen-bond acceptors (Lipinski definition) is 5. The summed E-state index contributed by atoms with van der Waals surface area (Å²) in [5.41, 5.74) is 0.736. The molecule has 0 radical (unpaired) electrons. The number of fused-ring (bicyclic) bond motifs is 1. The Bertz CT molecular complexity index is 728. The maximum atomic E-state index is 12.4. The van der Waals surface area contributed by atoms with Gasteiger partial charge in [-0.15, -0.1) is 10.2 Å². The van der Waals surface area contributed by atoms with Crippen molar-refractivity contribution < 1.29 is 4.79 Å². The predicted octanol–water partition coefficient (Wildman–Crippen LogP) is 2.18. The number of amides is 1. The minimum atomic E-state index is -0.00416. The second-order valence-corrected chi connectivity index (χ2v) is 6.86. The van der Waals surface area contributed by atoms with Gasteiger partial charge in [0.2, 0.25) is 5.91 Å². The maximum Gasteiger partial charge on any atom is 0.238 e. The first-order chi connectivity index (χ1) is 12.3. The number of aryl methyl sites for hydroxylation is 1. The summed E-state index contributed by atoms with van der Waals surface area (Å²) in [7, 11) is 0. The molecule has 132 valence electrons. The number of nitrogens with zero attached hydrogens (tertiary/aromatic N) is 5. The molecule has 0 aliphatic carbocycles. The van der Waals surface area contributed by atoms with E-state index in [0.717, 1.165) is 49.7 Å². The summed E-state index contributed by atoms with van der Waals surface area (Å²) in [6.07, 6.45) is 10.1. The Kier molecular flexibility index (Phi) is 4.74. The van der Waals surface area contributed by atoms with Gasteiger partial charge < -0.3 is 9.88 Å². The molecule has 0 unspecified atom stereocenters. The molecule has 4 heterocycles. The fraction of sp³-hybridized carbons (Fsp3) is 0.556. The lowest BCUT2D eigenvalue weighted by Gasteiger charge is -2.23. The van der Waals surface area contributed by atoms with Gasteiger partial charge in [0.25, 0.3) is 0 Å². The van der Waals surface area contributed by atoms with E-state index in [2.05, 4.69) is 30.0 Å². The molecule has 0 saturated carbocycles. The SMILES string of the molecule is O=C(CN1CCC[C@@H]1c1nnc2n1CCCCC2)Nc1cccnc1. The monoisotopic (exact) mass is 340 g/mol. The van der Waals surface area contributed by atoms with E-state index < -0.39 is 0 Å². The molecule has 1 amide bonds. The quantitative estimate of drug-likeness (QED) is 0.923. The molecule has 25 heavy (non-hydrogen) atoms. The lowest BCUT2D eigenvalue weighted by Crippen LogP contribution is -2.34. The molecule has 1 N–H and O–H groups in total. The van der Waals surface area contributed by atoms with Gasteiger partial charge in [-0.3, -0.25) is 14.7 Å². The minimum Gasteiger partial charge on any atom is -0.324 e. The first-order valence-electron chi connectivity index (χ1n) is 9.17. The van der Waals surface area contributed by atoms with Crippen LogP contribution in [0.5, 0.6) is 0 Å². The number of hydrogen-bond donors (Lipinski definition) is 1. The summed E-state index contributed by atoms with van der Waals surface area (Å²) in [5.74, 6) is 2.15. The Morgan fingerprint density at radius 2 is 2.16 bits per heavy atom. The summed E-state index contributed by atoms with van der Waals surface area (Å²) in [6, 6.07) is 3.86. The van der Waals surface area contributed by atoms with Gasteiger partial charge in [-0.05, 0) is 44.4 Å². The molecule has 1 fully saturated rings. The van der Waals surface area contributed by atoms with Gasteiger partial charge in [-0.25, -0.2) is 0 Å². The van der Waals surface area contributed by atoms with Gasteiger partial charge in [-0.1, -0.05) is 6.42 Å². The number of likely N-dealkylation sites (tertiary alicyclic amines) is 1. The number of rotatable bonds is 4. The molecule has 7 nitrogen and oxygen atoms in total. The number of carbonyl (C=O) groups is 1. The zero-order valence-corrected chi connectivity index (χ0v) is 14.4. The molecule has 2 aliphatic heterocycles. The first-order valence-corrected chi connectivity index (χ1v) is 9.17. The second kappa shape index (κ2) is 7.31. The molecule has 0 bridgehead atoms. The number of anilines is 1. The van der Waals surface area contributed by atoms with Crippen LogP contribution in [0.4, 0.5) is 5.69 Å². The van der Waals surface area contributed by atoms with Crippen LogP contribution in [-0.2, 0) is 17.8 Å². The van der Waals surface area contributed by atoms with Crippen molar-refractivity contribution in [3.63, 3.8) is 0 Å². The van der Waals surface area contributed by atoms with Crippen LogP contribution >= 0.6 is 0 Å². The molecule has 2 aromatic heterocycles. The van der Waals surface area contributed by atoms with Gasteiger partial charge >= 0.3 is 0 Å². The molecular formula is C18H24N6O. The largest absolute Gasteiger partial charge is 0.324 e. The fourth-order valence-corrected chi connectivity index (χ4v) is 3.88. The van der Waals surface area contributed by atoms with Crippen LogP contribution in [0.2, 0.25) is 0 Å². The normalized spacial score (nSPS) is 20.9. The first kappa shape index (κ1) is 16.2. The van der Waals surface area contributed by atoms with Gasteiger partial charge in [0.1, 0.15) is 11.6 Å². The number of nitrogens with one attached hydrogen (secondary N) is 1. The lowest BCUT2D eigenvalue weighted by molar-refractivity contribution is -0.117. The van der Waals surface area contributed by atoms with E-state index in [0.29, 0.717) is 6.54 Å². The average molecular weight is 340 g/mol. The predicted molar refractivity (Wildman–Crippen MR) is 94.0 cm³/mol. The highest BCUT2D eigenvalue weighted by Crippen LogP contribution is 2.32. The topological polar surface area (TPSA) is 75.9 Å². The Labute approximate surface area is 147 Å². The highest BCUT2D eigenvalue weighted by atomic mass is 16.2. The van der Waals surface area contributed by atoms with Crippen LogP contribution in [0.15, 0.2) is 24.5 Å². The molecular weight excluding hydrogens is 316 g/mol. The van der Waals surface area contributed by atoms with Gasteiger partial charge in [0.05, 0.1) is 24.5 Å². The third-order valence-corrected chi connectivity index (χ3v) is 5.09. The van der Waals surface area contributed by atoms with Crippen LogP contribution < -0.4 is 5.32 Å².